The molecule has 0 atom stereocenters. The van der Waals surface area contributed by atoms with Crippen molar-refractivity contribution in [2.75, 3.05) is 0 Å². The summed E-state index contributed by atoms with van der Waals surface area (Å²) in [7, 11) is 0. The topological polar surface area (TPSA) is 0 Å². The van der Waals surface area contributed by atoms with E-state index in [4.69, 9.17) is 0 Å². The molecule has 1 saturated carbocycles. The van der Waals surface area contributed by atoms with Crippen LogP contribution in [-0.2, 0) is 0 Å². The molecule has 25 heavy (non-hydrogen) atoms. The van der Waals surface area contributed by atoms with E-state index in [1.54, 1.807) is 0 Å². The van der Waals surface area contributed by atoms with Crippen molar-refractivity contribution in [2.45, 2.75) is 153 Å². The highest BCUT2D eigenvalue weighted by Crippen LogP contribution is 2.22. The predicted octanol–water partition coefficient (Wildman–Crippen LogP) is 10.4. The van der Waals surface area contributed by atoms with Crippen molar-refractivity contribution >= 4 is 0 Å². The van der Waals surface area contributed by atoms with Crippen LogP contribution in [0.2, 0.25) is 0 Å². The van der Waals surface area contributed by atoms with Crippen LogP contribution in [0.25, 0.3) is 0 Å². The van der Waals surface area contributed by atoms with Crippen molar-refractivity contribution in [3.63, 3.8) is 0 Å². The van der Waals surface area contributed by atoms with Gasteiger partial charge in [0.05, 0.1) is 0 Å². The highest BCUT2D eigenvalue weighted by Gasteiger charge is 2.07. The zero-order chi connectivity index (χ0) is 20.6. The number of hydrogen-bond acceptors (Lipinski definition) is 0. The van der Waals surface area contributed by atoms with Gasteiger partial charge in [-0.2, -0.15) is 0 Å². The third kappa shape index (κ3) is 45.4. The molecule has 1 rings (SSSR count). The summed E-state index contributed by atoms with van der Waals surface area (Å²) in [6.45, 7) is 23.9. The van der Waals surface area contributed by atoms with Gasteiger partial charge in [-0.15, -0.1) is 0 Å². The summed E-state index contributed by atoms with van der Waals surface area (Å²) in [6, 6.07) is 0. The third-order valence-electron chi connectivity index (χ3n) is 4.13. The number of rotatable bonds is 5. The average molecular weight is 359 g/mol. The molecule has 0 N–H and O–H groups in total. The van der Waals surface area contributed by atoms with Crippen LogP contribution in [-0.4, -0.2) is 0 Å². The molecule has 0 aliphatic heterocycles. The zero-order valence-corrected chi connectivity index (χ0v) is 20.6. The zero-order valence-electron chi connectivity index (χ0n) is 20.6. The normalized spacial score (nSPS) is 13.6. The van der Waals surface area contributed by atoms with Crippen LogP contribution in [0.3, 0.4) is 0 Å². The predicted molar refractivity (Wildman–Crippen MR) is 124 cm³/mol. The average Bonchev–Trinajstić information content (AvgIpc) is 2.63. The van der Waals surface area contributed by atoms with Gasteiger partial charge in [-0.25, -0.2) is 0 Å². The van der Waals surface area contributed by atoms with Crippen molar-refractivity contribution in [3.8, 4) is 0 Å². The molecule has 0 radical (unpaired) electrons. The van der Waals surface area contributed by atoms with Crippen LogP contribution in [0.4, 0.5) is 0 Å². The maximum Gasteiger partial charge on any atom is -0.0383 e. The summed E-state index contributed by atoms with van der Waals surface area (Å²) >= 11 is 0. The van der Waals surface area contributed by atoms with Crippen molar-refractivity contribution in [1.29, 1.82) is 0 Å². The molecule has 0 amide bonds. The monoisotopic (exact) mass is 358 g/mol. The first kappa shape index (κ1) is 32.7. The number of hydrogen-bond donors (Lipinski definition) is 0. The smallest absolute Gasteiger partial charge is 0.0383 e. The van der Waals surface area contributed by atoms with Gasteiger partial charge in [0.2, 0.25) is 0 Å². The van der Waals surface area contributed by atoms with E-state index >= 15 is 0 Å². The maximum atomic E-state index is 2.36. The fourth-order valence-corrected chi connectivity index (χ4v) is 2.51. The molecule has 0 saturated heterocycles. The van der Waals surface area contributed by atoms with Crippen molar-refractivity contribution < 1.29 is 0 Å². The Labute approximate surface area is 165 Å². The molecule has 1 aliphatic carbocycles. The Morgan fingerprint density at radius 1 is 0.640 bits per heavy atom. The van der Waals surface area contributed by atoms with Gasteiger partial charge in [0.15, 0.2) is 0 Å². The van der Waals surface area contributed by atoms with E-state index in [0.717, 1.165) is 5.92 Å². The number of unbranched alkanes of at least 4 members (excludes halogenated alkanes) is 4. The van der Waals surface area contributed by atoms with Gasteiger partial charge in [0.1, 0.15) is 0 Å². The van der Waals surface area contributed by atoms with Gasteiger partial charge in [0.25, 0.3) is 0 Å². The molecule has 0 unspecified atom stereocenters. The minimum absolute atomic E-state index is 0.552. The summed E-state index contributed by atoms with van der Waals surface area (Å²) in [5.41, 5.74) is 0.552. The lowest BCUT2D eigenvalue weighted by molar-refractivity contribution is 0.363. The van der Waals surface area contributed by atoms with E-state index in [-0.39, 0.29) is 0 Å². The molecule has 0 aromatic heterocycles. The molecule has 158 valence electrons. The Kier molecular flexibility index (Phi) is 37.6. The van der Waals surface area contributed by atoms with Gasteiger partial charge in [0, 0.05) is 0 Å². The molecule has 0 heteroatoms. The second kappa shape index (κ2) is 28.8. The first-order chi connectivity index (χ1) is 11.9. The second-order valence-corrected chi connectivity index (χ2v) is 8.11. The quantitative estimate of drug-likeness (QED) is 0.428. The van der Waals surface area contributed by atoms with Crippen LogP contribution in [0.5, 0.6) is 0 Å². The Balaban J connectivity index is -0.000000121. The highest BCUT2D eigenvalue weighted by molar-refractivity contribution is 4.60. The molecule has 0 aromatic rings. The van der Waals surface area contributed by atoms with Crippen LogP contribution >= 0.6 is 0 Å². The molecule has 1 fully saturated rings. The molecule has 0 bridgehead atoms. The van der Waals surface area contributed by atoms with E-state index in [1.165, 1.54) is 77.0 Å². The maximum absolute atomic E-state index is 2.36. The van der Waals surface area contributed by atoms with Gasteiger partial charge < -0.3 is 0 Å². The molecular weight excluding hydrogens is 300 g/mol. The summed E-state index contributed by atoms with van der Waals surface area (Å²) < 4.78 is 0. The molecule has 0 aromatic carbocycles. The van der Waals surface area contributed by atoms with Crippen LogP contribution in [0, 0.1) is 11.3 Å². The van der Waals surface area contributed by atoms with E-state index in [9.17, 15) is 0 Å². The molecular formula is C25H58. The van der Waals surface area contributed by atoms with Crippen molar-refractivity contribution in [2.24, 2.45) is 11.3 Å². The van der Waals surface area contributed by atoms with E-state index in [2.05, 4.69) is 48.5 Å². The lowest BCUT2D eigenvalue weighted by atomic mass is 9.90. The Bertz CT molecular complexity index is 165. The lowest BCUT2D eigenvalue weighted by Gasteiger charge is -2.16. The molecule has 0 heterocycles. The van der Waals surface area contributed by atoms with Crippen LogP contribution in [0.1, 0.15) is 153 Å². The first-order valence-corrected chi connectivity index (χ1v) is 11.9. The largest absolute Gasteiger partial charge is 0.0683 e. The fraction of sp³-hybridized carbons (Fsp3) is 1.00. The summed E-state index contributed by atoms with van der Waals surface area (Å²) in [5, 5.41) is 0. The molecule has 0 nitrogen and oxygen atoms in total. The lowest BCUT2D eigenvalue weighted by Crippen LogP contribution is -2.03. The van der Waals surface area contributed by atoms with Gasteiger partial charge >= 0.3 is 0 Å². The summed E-state index contributed by atoms with van der Waals surface area (Å²) in [5.74, 6) is 1.04. The Hall–Kier alpha value is 0. The van der Waals surface area contributed by atoms with E-state index < -0.39 is 0 Å². The van der Waals surface area contributed by atoms with E-state index in [0.29, 0.717) is 5.41 Å². The minimum Gasteiger partial charge on any atom is -0.0683 e. The molecule has 0 spiro atoms. The standard InChI is InChI=1S/C8H18.C7H14.C6H14.2C2H6/c1-5-6-7-8(2,3)4;1-7-5-3-2-4-6-7;1-3-5-6-4-2;2*1-2/h5-7H2,1-4H3;7H,2-6H2,1H3;3-6H2,1-2H3;2*1-2H3. The van der Waals surface area contributed by atoms with E-state index in [1.807, 2.05) is 27.7 Å². The summed E-state index contributed by atoms with van der Waals surface area (Å²) in [6.07, 6.45) is 17.0. The van der Waals surface area contributed by atoms with Gasteiger partial charge in [-0.3, -0.25) is 0 Å². The Morgan fingerprint density at radius 3 is 1.16 bits per heavy atom. The minimum atomic E-state index is 0.552. The van der Waals surface area contributed by atoms with Gasteiger partial charge in [-0.05, 0) is 17.8 Å². The first-order valence-electron chi connectivity index (χ1n) is 11.9. The fourth-order valence-electron chi connectivity index (χ4n) is 2.51. The Morgan fingerprint density at radius 2 is 1.00 bits per heavy atom. The van der Waals surface area contributed by atoms with Crippen LogP contribution < -0.4 is 0 Å². The SMILES string of the molecule is CC.CC.CC1CCCCC1.CCCCC(C)(C)C.CCCCCC. The highest BCUT2D eigenvalue weighted by atomic mass is 14.1. The third-order valence-corrected chi connectivity index (χ3v) is 4.13. The van der Waals surface area contributed by atoms with Crippen molar-refractivity contribution in [3.05, 3.63) is 0 Å². The second-order valence-electron chi connectivity index (χ2n) is 8.11. The summed E-state index contributed by atoms with van der Waals surface area (Å²) in [4.78, 5) is 0. The van der Waals surface area contributed by atoms with Crippen molar-refractivity contribution in [1.82, 2.24) is 0 Å². The van der Waals surface area contributed by atoms with Gasteiger partial charge in [-0.1, -0.05) is 147 Å². The van der Waals surface area contributed by atoms with Crippen LogP contribution in [0.15, 0.2) is 0 Å². The molecule has 1 aliphatic rings.